The minimum Gasteiger partial charge on any atom is -0.443 e. The molecule has 0 saturated carbocycles. The minimum absolute atomic E-state index is 0.0928. The van der Waals surface area contributed by atoms with Gasteiger partial charge >= 0.3 is 17.9 Å². The predicted octanol–water partition coefficient (Wildman–Crippen LogP) is 3.18. The highest BCUT2D eigenvalue weighted by Crippen LogP contribution is 2.30. The Balaban J connectivity index is 1.22. The van der Waals surface area contributed by atoms with Gasteiger partial charge in [-0.05, 0) is 34.8 Å². The second kappa shape index (κ2) is 10.6. The molecule has 14 heteroatoms. The third-order valence-electron chi connectivity index (χ3n) is 6.27. The number of hydrogen-bond donors (Lipinski definition) is 1. The lowest BCUT2D eigenvalue weighted by molar-refractivity contribution is -0.389. The van der Waals surface area contributed by atoms with Crippen LogP contribution in [-0.2, 0) is 27.4 Å². The maximum Gasteiger partial charge on any atom is 0.414 e. The Hall–Kier alpha value is -4.59. The normalized spacial score (nSPS) is 18.3. The van der Waals surface area contributed by atoms with Crippen molar-refractivity contribution >= 4 is 23.5 Å². The van der Waals surface area contributed by atoms with Crippen LogP contribution in [0.15, 0.2) is 42.6 Å². The molecule has 2 atom stereocenters. The second-order valence-corrected chi connectivity index (χ2v) is 9.06. The fourth-order valence-electron chi connectivity index (χ4n) is 4.30. The van der Waals surface area contributed by atoms with E-state index in [1.165, 1.54) is 52.9 Å². The number of hydrogen-bond acceptors (Lipinski definition) is 8. The number of aromatic nitrogens is 2. The molecule has 0 radical (unpaired) electrons. The van der Waals surface area contributed by atoms with Crippen molar-refractivity contribution in [1.29, 1.82) is 0 Å². The summed E-state index contributed by atoms with van der Waals surface area (Å²) in [4.78, 5) is 38.6. The quantitative estimate of drug-likeness (QED) is 0.338. The Kier molecular flexibility index (Phi) is 7.11. The molecule has 3 heterocycles. The molecule has 2 amide bonds. The van der Waals surface area contributed by atoms with E-state index in [0.717, 1.165) is 0 Å². The maximum absolute atomic E-state index is 15.0. The molecule has 3 aromatic rings. The molecule has 12 nitrogen and oxygen atoms in total. The summed E-state index contributed by atoms with van der Waals surface area (Å²) in [6.45, 7) is 1.91. The van der Waals surface area contributed by atoms with Gasteiger partial charge in [0.1, 0.15) is 36.6 Å². The molecule has 5 rings (SSSR count). The van der Waals surface area contributed by atoms with Crippen LogP contribution in [0.3, 0.4) is 0 Å². The highest BCUT2D eigenvalue weighted by atomic mass is 19.1. The maximum atomic E-state index is 15.0. The van der Waals surface area contributed by atoms with Crippen LogP contribution < -0.4 is 15.0 Å². The highest BCUT2D eigenvalue weighted by molar-refractivity contribution is 5.90. The van der Waals surface area contributed by atoms with Crippen molar-refractivity contribution in [2.45, 2.75) is 32.3 Å². The van der Waals surface area contributed by atoms with E-state index >= 15 is 4.39 Å². The van der Waals surface area contributed by atoms with Crippen molar-refractivity contribution < 1.29 is 37.5 Å². The van der Waals surface area contributed by atoms with Crippen LogP contribution in [0.25, 0.3) is 11.1 Å². The molecule has 204 valence electrons. The number of nitrogens with zero attached hydrogens (tertiary/aromatic N) is 4. The number of nitrogens with one attached hydrogen (secondary N) is 1. The largest absolute Gasteiger partial charge is 0.443 e. The number of halogens is 2. The van der Waals surface area contributed by atoms with Crippen molar-refractivity contribution in [3.05, 3.63) is 69.9 Å². The van der Waals surface area contributed by atoms with Crippen molar-refractivity contribution in [2.75, 3.05) is 24.6 Å². The van der Waals surface area contributed by atoms with E-state index in [1.807, 2.05) is 0 Å². The van der Waals surface area contributed by atoms with Crippen molar-refractivity contribution in [3.63, 3.8) is 0 Å². The number of benzene rings is 2. The van der Waals surface area contributed by atoms with Gasteiger partial charge in [-0.2, -0.15) is 0 Å². The lowest BCUT2D eigenvalue weighted by Gasteiger charge is -2.22. The number of cyclic esters (lactones) is 1. The monoisotopic (exact) mass is 543 g/mol. The first-order chi connectivity index (χ1) is 18.7. The zero-order valence-corrected chi connectivity index (χ0v) is 20.6. The van der Waals surface area contributed by atoms with E-state index in [-0.39, 0.29) is 67.4 Å². The summed E-state index contributed by atoms with van der Waals surface area (Å²) >= 11 is 0. The molecule has 1 fully saturated rings. The van der Waals surface area contributed by atoms with E-state index in [2.05, 4.69) is 10.3 Å². The topological polar surface area (TPSA) is 138 Å². The summed E-state index contributed by atoms with van der Waals surface area (Å²) in [5.74, 6) is -1.85. The summed E-state index contributed by atoms with van der Waals surface area (Å²) in [6, 6.07) is 8.51. The number of imidazole rings is 1. The first kappa shape index (κ1) is 26.0. The molecule has 1 N–H and O–H groups in total. The third kappa shape index (κ3) is 5.65. The molecule has 2 aliphatic heterocycles. The average Bonchev–Trinajstić information content (AvgIpc) is 3.50. The van der Waals surface area contributed by atoms with Gasteiger partial charge in [-0.25, -0.2) is 13.6 Å². The number of carbonyl (C=O) groups is 2. The zero-order chi connectivity index (χ0) is 27.7. The lowest BCUT2D eigenvalue weighted by Crippen LogP contribution is -2.33. The molecular weight excluding hydrogens is 520 g/mol. The van der Waals surface area contributed by atoms with Crippen LogP contribution in [0.5, 0.6) is 6.01 Å². The molecule has 0 bridgehead atoms. The van der Waals surface area contributed by atoms with E-state index in [4.69, 9.17) is 14.2 Å². The van der Waals surface area contributed by atoms with Crippen LogP contribution in [0.1, 0.15) is 12.5 Å². The summed E-state index contributed by atoms with van der Waals surface area (Å²) in [5.41, 5.74) is 0.952. The van der Waals surface area contributed by atoms with E-state index < -0.39 is 34.9 Å². The van der Waals surface area contributed by atoms with Gasteiger partial charge in [-0.15, -0.1) is 0 Å². The Morgan fingerprint density at radius 2 is 2.05 bits per heavy atom. The van der Waals surface area contributed by atoms with Gasteiger partial charge < -0.3 is 29.6 Å². The SMILES string of the molecule is CC(=O)NC[C@H]1CN(c2ccc(-c3ccc(CO[C@@H]4COc5nc([N+](=O)[O-])cn5C4)c(F)c3)c(F)c2)C(=O)O1. The second-order valence-electron chi connectivity index (χ2n) is 9.06. The summed E-state index contributed by atoms with van der Waals surface area (Å²) in [7, 11) is 0. The number of anilines is 1. The van der Waals surface area contributed by atoms with E-state index in [9.17, 15) is 24.1 Å². The molecule has 0 unspecified atom stereocenters. The van der Waals surface area contributed by atoms with Crippen LogP contribution in [-0.4, -0.2) is 58.4 Å². The van der Waals surface area contributed by atoms with Gasteiger partial charge in [-0.1, -0.05) is 12.1 Å². The molecule has 1 saturated heterocycles. The average molecular weight is 543 g/mol. The van der Waals surface area contributed by atoms with Gasteiger partial charge in [0.2, 0.25) is 5.91 Å². The predicted molar refractivity (Wildman–Crippen MR) is 131 cm³/mol. The Bertz CT molecular complexity index is 1450. The molecule has 1 aromatic heterocycles. The van der Waals surface area contributed by atoms with Crippen LogP contribution in [0, 0.1) is 21.7 Å². The molecule has 0 aliphatic carbocycles. The summed E-state index contributed by atoms with van der Waals surface area (Å²) < 4.78 is 47.7. The van der Waals surface area contributed by atoms with Gasteiger partial charge in [0.05, 0.1) is 31.9 Å². The van der Waals surface area contributed by atoms with Crippen LogP contribution >= 0.6 is 0 Å². The number of amides is 2. The summed E-state index contributed by atoms with van der Waals surface area (Å²) in [6.07, 6.45) is -0.449. The van der Waals surface area contributed by atoms with Gasteiger partial charge in [-0.3, -0.25) is 14.3 Å². The van der Waals surface area contributed by atoms with Gasteiger partial charge in [0.25, 0.3) is 0 Å². The van der Waals surface area contributed by atoms with E-state index in [1.54, 1.807) is 6.07 Å². The standard InChI is InChI=1S/C25H23F2N5O7/c1-14(33)28-8-18-10-31(25(34)39-18)17-4-5-20(22(27)7-17)15-2-3-16(21(26)6-15)12-37-19-9-30-11-23(32(35)36)29-24(30)38-13-19/h2-7,11,18-19H,8-10,12-13H2,1H3,(H,28,33)/t18-,19-/m0/s1. The molecular formula is C25H23F2N5O7. The first-order valence-corrected chi connectivity index (χ1v) is 11.9. The van der Waals surface area contributed by atoms with Crippen molar-refractivity contribution in [1.82, 2.24) is 14.9 Å². The van der Waals surface area contributed by atoms with Crippen molar-refractivity contribution in [2.24, 2.45) is 0 Å². The van der Waals surface area contributed by atoms with Crippen LogP contribution in [0.2, 0.25) is 0 Å². The Labute approximate surface area is 220 Å². The number of ether oxygens (including phenoxy) is 3. The zero-order valence-electron chi connectivity index (χ0n) is 20.6. The molecule has 0 spiro atoms. The number of fused-ring (bicyclic) bond motifs is 1. The smallest absolute Gasteiger partial charge is 0.414 e. The molecule has 2 aromatic carbocycles. The number of carbonyl (C=O) groups excluding carboxylic acids is 2. The van der Waals surface area contributed by atoms with Gasteiger partial charge in [0.15, 0.2) is 0 Å². The minimum atomic E-state index is -0.654. The first-order valence-electron chi connectivity index (χ1n) is 11.9. The molecule has 2 aliphatic rings. The Morgan fingerprint density at radius 3 is 2.77 bits per heavy atom. The fraction of sp³-hybridized carbons (Fsp3) is 0.320. The number of rotatable bonds is 8. The lowest BCUT2D eigenvalue weighted by atomic mass is 10.0. The Morgan fingerprint density at radius 1 is 1.23 bits per heavy atom. The van der Waals surface area contributed by atoms with Crippen molar-refractivity contribution in [3.8, 4) is 17.1 Å². The molecule has 39 heavy (non-hydrogen) atoms. The third-order valence-corrected chi connectivity index (χ3v) is 6.27. The fourth-order valence-corrected chi connectivity index (χ4v) is 4.30. The summed E-state index contributed by atoms with van der Waals surface area (Å²) in [5, 5.41) is 13.5. The highest BCUT2D eigenvalue weighted by Gasteiger charge is 2.33. The van der Waals surface area contributed by atoms with E-state index in [0.29, 0.717) is 5.56 Å². The van der Waals surface area contributed by atoms with Crippen LogP contribution in [0.4, 0.5) is 25.1 Å². The van der Waals surface area contributed by atoms with Gasteiger partial charge in [0, 0.05) is 23.0 Å². The number of nitro groups is 1.